The summed E-state index contributed by atoms with van der Waals surface area (Å²) in [4.78, 5) is 35.2. The van der Waals surface area contributed by atoms with Crippen LogP contribution in [0.4, 0.5) is 11.4 Å². The van der Waals surface area contributed by atoms with Gasteiger partial charge in [0, 0.05) is 22.7 Å². The van der Waals surface area contributed by atoms with Crippen LogP contribution in [0.15, 0.2) is 42.5 Å². The third-order valence-electron chi connectivity index (χ3n) is 3.47. The van der Waals surface area contributed by atoms with E-state index in [0.29, 0.717) is 22.7 Å². The molecule has 0 atom stereocenters. The van der Waals surface area contributed by atoms with E-state index in [1.165, 1.54) is 12.1 Å². The van der Waals surface area contributed by atoms with Crippen molar-refractivity contribution in [3.63, 3.8) is 0 Å². The summed E-state index contributed by atoms with van der Waals surface area (Å²) in [7, 11) is 0. The zero-order valence-electron chi connectivity index (χ0n) is 13.5. The highest BCUT2D eigenvalue weighted by Crippen LogP contribution is 2.22. The number of carbonyl (C=O) groups is 3. The number of amides is 1. The number of carboxylic acid groups (broad SMARTS) is 1. The van der Waals surface area contributed by atoms with Crippen molar-refractivity contribution in [2.45, 2.75) is 13.3 Å². The number of hydrogen-bond donors (Lipinski definition) is 3. The second-order valence-electron chi connectivity index (χ2n) is 5.22. The van der Waals surface area contributed by atoms with Gasteiger partial charge in [-0.25, -0.2) is 4.79 Å². The van der Waals surface area contributed by atoms with Gasteiger partial charge in [0.15, 0.2) is 5.78 Å². The van der Waals surface area contributed by atoms with E-state index < -0.39 is 11.9 Å². The number of carboxylic acids is 1. The molecule has 3 N–H and O–H groups in total. The van der Waals surface area contributed by atoms with E-state index in [2.05, 4.69) is 10.6 Å². The maximum atomic E-state index is 12.1. The Balaban J connectivity index is 2.09. The number of ketones is 1. The third-order valence-corrected chi connectivity index (χ3v) is 3.71. The van der Waals surface area contributed by atoms with Crippen molar-refractivity contribution in [2.75, 3.05) is 17.2 Å². The summed E-state index contributed by atoms with van der Waals surface area (Å²) in [6, 6.07) is 10.9. The molecule has 0 unspecified atom stereocenters. The van der Waals surface area contributed by atoms with Crippen molar-refractivity contribution in [3.8, 4) is 0 Å². The highest BCUT2D eigenvalue weighted by molar-refractivity contribution is 6.31. The molecule has 0 fully saturated rings. The molecule has 130 valence electrons. The highest BCUT2D eigenvalue weighted by atomic mass is 35.5. The minimum absolute atomic E-state index is 0.00388. The zero-order chi connectivity index (χ0) is 18.4. The van der Waals surface area contributed by atoms with Gasteiger partial charge in [0.05, 0.1) is 17.8 Å². The predicted octanol–water partition coefficient (Wildman–Crippen LogP) is 3.68. The molecule has 0 heterocycles. The summed E-state index contributed by atoms with van der Waals surface area (Å²) < 4.78 is 0. The van der Waals surface area contributed by atoms with E-state index in [9.17, 15) is 14.4 Å². The van der Waals surface area contributed by atoms with Crippen molar-refractivity contribution in [1.29, 1.82) is 0 Å². The fourth-order valence-electron chi connectivity index (χ4n) is 2.24. The van der Waals surface area contributed by atoms with E-state index >= 15 is 0 Å². The van der Waals surface area contributed by atoms with Crippen molar-refractivity contribution in [3.05, 3.63) is 58.6 Å². The molecular formula is C18H17ClN2O4. The van der Waals surface area contributed by atoms with E-state index in [1.807, 2.05) is 0 Å². The van der Waals surface area contributed by atoms with Crippen LogP contribution in [0.25, 0.3) is 0 Å². The minimum Gasteiger partial charge on any atom is -0.478 e. The maximum absolute atomic E-state index is 12.1. The highest BCUT2D eigenvalue weighted by Gasteiger charge is 2.14. The van der Waals surface area contributed by atoms with Crippen LogP contribution < -0.4 is 10.6 Å². The monoisotopic (exact) mass is 360 g/mol. The third kappa shape index (κ3) is 4.81. The quantitative estimate of drug-likeness (QED) is 0.654. The molecule has 0 radical (unpaired) electrons. The number of carbonyl (C=O) groups excluding carboxylic acids is 2. The van der Waals surface area contributed by atoms with Crippen LogP contribution in [0.2, 0.25) is 5.02 Å². The largest absolute Gasteiger partial charge is 0.478 e. The van der Waals surface area contributed by atoms with Gasteiger partial charge in [-0.1, -0.05) is 30.7 Å². The van der Waals surface area contributed by atoms with Crippen LogP contribution in [0.3, 0.4) is 0 Å². The second kappa shape index (κ2) is 8.30. The van der Waals surface area contributed by atoms with Crippen LogP contribution in [0.5, 0.6) is 0 Å². The average molecular weight is 361 g/mol. The smallest absolute Gasteiger partial charge is 0.337 e. The number of rotatable bonds is 7. The number of para-hydroxylation sites is 1. The lowest BCUT2D eigenvalue weighted by molar-refractivity contribution is -0.114. The van der Waals surface area contributed by atoms with E-state index in [1.54, 1.807) is 37.3 Å². The summed E-state index contributed by atoms with van der Waals surface area (Å²) in [6.45, 7) is 1.61. The fraction of sp³-hybridized carbons (Fsp3) is 0.167. The van der Waals surface area contributed by atoms with Crippen LogP contribution >= 0.6 is 11.6 Å². The summed E-state index contributed by atoms with van der Waals surface area (Å²) in [5.41, 5.74) is 1.12. The number of benzene rings is 2. The first-order valence-corrected chi connectivity index (χ1v) is 7.99. The van der Waals surface area contributed by atoms with E-state index in [-0.39, 0.29) is 23.6 Å². The lowest BCUT2D eigenvalue weighted by atomic mass is 10.1. The number of hydrogen-bond acceptors (Lipinski definition) is 4. The first kappa shape index (κ1) is 18.5. The van der Waals surface area contributed by atoms with Gasteiger partial charge in [0.2, 0.25) is 5.91 Å². The molecule has 2 aromatic carbocycles. The molecular weight excluding hydrogens is 344 g/mol. The lowest BCUT2D eigenvalue weighted by Gasteiger charge is -2.12. The molecule has 1 amide bonds. The fourth-order valence-corrected chi connectivity index (χ4v) is 2.41. The Morgan fingerprint density at radius 1 is 1.04 bits per heavy atom. The molecule has 25 heavy (non-hydrogen) atoms. The average Bonchev–Trinajstić information content (AvgIpc) is 2.60. The number of Topliss-reactive ketones (excluding diaryl/α,β-unsaturated/α-hetero) is 1. The SMILES string of the molecule is CCC(=O)c1cc(Cl)ccc1NCC(=O)Nc1ccccc1C(=O)O. The van der Waals surface area contributed by atoms with Gasteiger partial charge in [0.25, 0.3) is 0 Å². The maximum Gasteiger partial charge on any atom is 0.337 e. The topological polar surface area (TPSA) is 95.5 Å². The van der Waals surface area contributed by atoms with Crippen molar-refractivity contribution < 1.29 is 19.5 Å². The Morgan fingerprint density at radius 3 is 2.44 bits per heavy atom. The zero-order valence-corrected chi connectivity index (χ0v) is 14.3. The van der Waals surface area contributed by atoms with Gasteiger partial charge in [-0.3, -0.25) is 9.59 Å². The summed E-state index contributed by atoms with van der Waals surface area (Å²) in [5.74, 6) is -1.66. The summed E-state index contributed by atoms with van der Waals surface area (Å²) in [5, 5.41) is 15.0. The van der Waals surface area contributed by atoms with Gasteiger partial charge >= 0.3 is 5.97 Å². The number of aromatic carboxylic acids is 1. The molecule has 0 aliphatic rings. The normalized spacial score (nSPS) is 10.2. The van der Waals surface area contributed by atoms with Crippen LogP contribution in [0, 0.1) is 0 Å². The molecule has 0 aliphatic heterocycles. The number of nitrogens with one attached hydrogen (secondary N) is 2. The summed E-state index contributed by atoms with van der Waals surface area (Å²) in [6.07, 6.45) is 0.313. The predicted molar refractivity (Wildman–Crippen MR) is 96.6 cm³/mol. The lowest BCUT2D eigenvalue weighted by Crippen LogP contribution is -2.23. The molecule has 2 rings (SSSR count). The number of anilines is 2. The molecule has 2 aromatic rings. The van der Waals surface area contributed by atoms with Gasteiger partial charge in [-0.2, -0.15) is 0 Å². The molecule has 0 saturated heterocycles. The van der Waals surface area contributed by atoms with E-state index in [0.717, 1.165) is 0 Å². The first-order valence-electron chi connectivity index (χ1n) is 7.61. The van der Waals surface area contributed by atoms with E-state index in [4.69, 9.17) is 16.7 Å². The Bertz CT molecular complexity index is 820. The molecule has 7 heteroatoms. The van der Waals surface area contributed by atoms with Gasteiger partial charge in [-0.05, 0) is 30.3 Å². The summed E-state index contributed by atoms with van der Waals surface area (Å²) >= 11 is 5.92. The Labute approximate surface area is 149 Å². The Hall–Kier alpha value is -2.86. The Morgan fingerprint density at radius 2 is 1.76 bits per heavy atom. The van der Waals surface area contributed by atoms with Crippen molar-refractivity contribution >= 4 is 40.6 Å². The standard InChI is InChI=1S/C18H17ClN2O4/c1-2-16(22)13-9-11(19)7-8-14(13)20-10-17(23)21-15-6-4-3-5-12(15)18(24)25/h3-9,20H,2,10H2,1H3,(H,21,23)(H,24,25). The van der Waals surface area contributed by atoms with Crippen molar-refractivity contribution in [2.24, 2.45) is 0 Å². The van der Waals surface area contributed by atoms with Gasteiger partial charge in [-0.15, -0.1) is 0 Å². The first-order chi connectivity index (χ1) is 11.9. The second-order valence-corrected chi connectivity index (χ2v) is 5.66. The van der Waals surface area contributed by atoms with Crippen molar-refractivity contribution in [1.82, 2.24) is 0 Å². The van der Waals surface area contributed by atoms with Crippen LogP contribution in [-0.4, -0.2) is 29.3 Å². The molecule has 0 spiro atoms. The van der Waals surface area contributed by atoms with Gasteiger partial charge < -0.3 is 15.7 Å². The van der Waals surface area contributed by atoms with Crippen LogP contribution in [0.1, 0.15) is 34.1 Å². The molecule has 0 bridgehead atoms. The van der Waals surface area contributed by atoms with Gasteiger partial charge in [0.1, 0.15) is 0 Å². The number of halogens is 1. The molecule has 6 nitrogen and oxygen atoms in total. The molecule has 0 aliphatic carbocycles. The Kier molecular flexibility index (Phi) is 6.14. The minimum atomic E-state index is -1.13. The molecule has 0 aromatic heterocycles. The van der Waals surface area contributed by atoms with Crippen LogP contribution in [-0.2, 0) is 4.79 Å². The molecule has 0 saturated carbocycles.